The van der Waals surface area contributed by atoms with Crippen LogP contribution in [0.5, 0.6) is 0 Å². The molecular weight excluding hydrogens is 235 g/mol. The minimum absolute atomic E-state index is 0.715. The van der Waals surface area contributed by atoms with Crippen LogP contribution in [0, 0.1) is 0 Å². The summed E-state index contributed by atoms with van der Waals surface area (Å²) in [7, 11) is -3.42. The van der Waals surface area contributed by atoms with Crippen LogP contribution in [-0.2, 0) is 10.8 Å². The van der Waals surface area contributed by atoms with Gasteiger partial charge in [-0.2, -0.15) is 13.2 Å². The average Bonchev–Trinajstić information content (AvgIpc) is 2.15. The van der Waals surface area contributed by atoms with Crippen LogP contribution in [0.2, 0.25) is 0 Å². The van der Waals surface area contributed by atoms with E-state index in [0.29, 0.717) is 0 Å². The van der Waals surface area contributed by atoms with Gasteiger partial charge in [-0.1, -0.05) is 0 Å². The summed E-state index contributed by atoms with van der Waals surface area (Å²) < 4.78 is 47.0. The lowest BCUT2D eigenvalue weighted by atomic mass is 10.3. The van der Waals surface area contributed by atoms with Crippen LogP contribution in [0.4, 0.5) is 13.2 Å². The van der Waals surface area contributed by atoms with E-state index in [1.807, 2.05) is 0 Å². The minimum atomic E-state index is -5.02. The Kier molecular flexibility index (Phi) is 3.08. The fourth-order valence-corrected chi connectivity index (χ4v) is 1.54. The number of rotatable bonds is 2. The summed E-state index contributed by atoms with van der Waals surface area (Å²) in [6.45, 7) is 0. The fraction of sp³-hybridized carbons (Fsp3) is 0.143. The highest BCUT2D eigenvalue weighted by Crippen LogP contribution is 2.26. The van der Waals surface area contributed by atoms with Crippen LogP contribution in [0.1, 0.15) is 10.4 Å². The van der Waals surface area contributed by atoms with Gasteiger partial charge in [-0.05, 0) is 12.1 Å². The number of aromatic nitrogens is 1. The second-order valence-corrected chi connectivity index (χ2v) is 3.76. The van der Waals surface area contributed by atoms with Crippen LogP contribution in [0.3, 0.4) is 0 Å². The molecule has 0 aliphatic heterocycles. The number of carbonyl (C=O) groups is 1. The maximum absolute atomic E-state index is 12.0. The molecule has 0 radical (unpaired) electrons. The van der Waals surface area contributed by atoms with Crippen molar-refractivity contribution in [2.24, 2.45) is 0 Å². The van der Waals surface area contributed by atoms with Crippen molar-refractivity contribution >= 4 is 16.8 Å². The van der Waals surface area contributed by atoms with Crippen LogP contribution < -0.4 is 0 Å². The number of aromatic carboxylic acids is 1. The molecule has 0 aliphatic rings. The summed E-state index contributed by atoms with van der Waals surface area (Å²) in [5.41, 5.74) is -5.73. The Hall–Kier alpha value is -1.44. The number of hydrogen-bond donors (Lipinski definition) is 1. The number of carboxylic acid groups (broad SMARTS) is 1. The first kappa shape index (κ1) is 11.6. The predicted octanol–water partition coefficient (Wildman–Crippen LogP) is 1.41. The molecule has 1 N–H and O–H groups in total. The van der Waals surface area contributed by atoms with E-state index in [4.69, 9.17) is 5.11 Å². The molecule has 1 rings (SSSR count). The van der Waals surface area contributed by atoms with Crippen molar-refractivity contribution in [3.05, 3.63) is 23.9 Å². The molecule has 0 aromatic carbocycles. The lowest BCUT2D eigenvalue weighted by molar-refractivity contribution is -0.0386. The topological polar surface area (TPSA) is 67.3 Å². The van der Waals surface area contributed by atoms with Gasteiger partial charge in [0.25, 0.3) is 0 Å². The lowest BCUT2D eigenvalue weighted by Crippen LogP contribution is -2.20. The highest BCUT2D eigenvalue weighted by molar-refractivity contribution is 7.85. The number of carboxylic acids is 1. The van der Waals surface area contributed by atoms with Gasteiger partial charge in [0.1, 0.15) is 0 Å². The van der Waals surface area contributed by atoms with Crippen LogP contribution in [0.15, 0.2) is 23.4 Å². The number of hydrogen-bond acceptors (Lipinski definition) is 3. The van der Waals surface area contributed by atoms with E-state index in [9.17, 15) is 22.2 Å². The number of halogens is 3. The van der Waals surface area contributed by atoms with Crippen LogP contribution >= 0.6 is 0 Å². The molecule has 0 amide bonds. The molecular formula is C7H4F3NO3S. The molecule has 4 nitrogen and oxygen atoms in total. The lowest BCUT2D eigenvalue weighted by Gasteiger charge is -2.06. The summed E-state index contributed by atoms with van der Waals surface area (Å²) >= 11 is 0. The van der Waals surface area contributed by atoms with Gasteiger partial charge in [0.15, 0.2) is 15.8 Å². The second-order valence-electron chi connectivity index (χ2n) is 2.38. The van der Waals surface area contributed by atoms with Gasteiger partial charge in [-0.3, -0.25) is 0 Å². The van der Waals surface area contributed by atoms with E-state index in [1.54, 1.807) is 0 Å². The zero-order valence-electron chi connectivity index (χ0n) is 6.99. The standard InChI is InChI=1S/C7H4F3NO3S/c8-7(9,10)15(14)5-4(6(12)13)2-1-3-11-5/h1-3H,(H,12,13). The van der Waals surface area contributed by atoms with Gasteiger partial charge in [-0.15, -0.1) is 0 Å². The molecule has 0 bridgehead atoms. The van der Waals surface area contributed by atoms with Crippen LogP contribution in [0.25, 0.3) is 0 Å². The number of pyridine rings is 1. The average molecular weight is 239 g/mol. The Bertz CT molecular complexity index is 418. The molecule has 1 atom stereocenters. The Morgan fingerprint density at radius 1 is 1.47 bits per heavy atom. The summed E-state index contributed by atoms with van der Waals surface area (Å²) in [4.78, 5) is 13.7. The van der Waals surface area contributed by atoms with E-state index in [2.05, 4.69) is 4.98 Å². The molecule has 1 aromatic heterocycles. The largest absolute Gasteiger partial charge is 0.478 e. The van der Waals surface area contributed by atoms with Crippen molar-refractivity contribution in [2.45, 2.75) is 10.5 Å². The molecule has 15 heavy (non-hydrogen) atoms. The van der Waals surface area contributed by atoms with Gasteiger partial charge in [-0.25, -0.2) is 14.0 Å². The van der Waals surface area contributed by atoms with Crippen molar-refractivity contribution in [3.8, 4) is 0 Å². The normalized spacial score (nSPS) is 13.5. The van der Waals surface area contributed by atoms with Gasteiger partial charge < -0.3 is 5.11 Å². The number of nitrogens with zero attached hydrogens (tertiary/aromatic N) is 1. The molecule has 82 valence electrons. The first-order valence-corrected chi connectivity index (χ1v) is 4.66. The van der Waals surface area contributed by atoms with E-state index in [-0.39, 0.29) is 0 Å². The smallest absolute Gasteiger partial charge is 0.477 e. The number of alkyl halides is 3. The molecule has 1 heterocycles. The Labute approximate surface area is 84.2 Å². The first-order valence-electron chi connectivity index (χ1n) is 3.51. The van der Waals surface area contributed by atoms with Gasteiger partial charge in [0.2, 0.25) is 0 Å². The minimum Gasteiger partial charge on any atom is -0.478 e. The van der Waals surface area contributed by atoms with E-state index >= 15 is 0 Å². The molecule has 1 unspecified atom stereocenters. The summed E-state index contributed by atoms with van der Waals surface area (Å²) in [5.74, 6) is -1.60. The molecule has 0 spiro atoms. The Morgan fingerprint density at radius 2 is 2.07 bits per heavy atom. The van der Waals surface area contributed by atoms with E-state index < -0.39 is 32.9 Å². The fourth-order valence-electron chi connectivity index (χ4n) is 0.811. The molecule has 0 saturated heterocycles. The van der Waals surface area contributed by atoms with Crippen molar-refractivity contribution in [1.29, 1.82) is 0 Å². The SMILES string of the molecule is O=C(O)c1cccnc1S(=O)C(F)(F)F. The Balaban J connectivity index is 3.26. The zero-order chi connectivity index (χ0) is 11.6. The maximum atomic E-state index is 12.0. The van der Waals surface area contributed by atoms with E-state index in [0.717, 1.165) is 18.3 Å². The molecule has 0 fully saturated rings. The summed E-state index contributed by atoms with van der Waals surface area (Å²) in [5, 5.41) is 7.55. The van der Waals surface area contributed by atoms with E-state index in [1.165, 1.54) is 0 Å². The zero-order valence-corrected chi connectivity index (χ0v) is 7.80. The van der Waals surface area contributed by atoms with Crippen molar-refractivity contribution in [3.63, 3.8) is 0 Å². The third kappa shape index (κ3) is 2.52. The van der Waals surface area contributed by atoms with Crippen molar-refractivity contribution < 1.29 is 27.3 Å². The second kappa shape index (κ2) is 3.97. The maximum Gasteiger partial charge on any atom is 0.477 e. The molecule has 8 heteroatoms. The third-order valence-corrected chi connectivity index (χ3v) is 2.48. The Morgan fingerprint density at radius 3 is 2.53 bits per heavy atom. The highest BCUT2D eigenvalue weighted by atomic mass is 32.2. The highest BCUT2D eigenvalue weighted by Gasteiger charge is 2.40. The molecule has 1 aromatic rings. The third-order valence-electron chi connectivity index (χ3n) is 1.39. The molecule has 0 aliphatic carbocycles. The summed E-state index contributed by atoms with van der Waals surface area (Å²) in [6.07, 6.45) is 0.950. The monoisotopic (exact) mass is 239 g/mol. The van der Waals surface area contributed by atoms with Crippen molar-refractivity contribution in [1.82, 2.24) is 4.98 Å². The molecule has 0 saturated carbocycles. The van der Waals surface area contributed by atoms with Crippen molar-refractivity contribution in [2.75, 3.05) is 0 Å². The quantitative estimate of drug-likeness (QED) is 0.847. The van der Waals surface area contributed by atoms with Gasteiger partial charge in [0.05, 0.1) is 5.56 Å². The van der Waals surface area contributed by atoms with Crippen LogP contribution in [-0.4, -0.2) is 25.8 Å². The first-order chi connectivity index (χ1) is 6.84. The summed E-state index contributed by atoms with van der Waals surface area (Å²) in [6, 6.07) is 2.06. The van der Waals surface area contributed by atoms with Gasteiger partial charge in [0, 0.05) is 6.20 Å². The predicted molar refractivity (Wildman–Crippen MR) is 43.7 cm³/mol. The van der Waals surface area contributed by atoms with Gasteiger partial charge >= 0.3 is 11.5 Å².